The molecular formula is C14H12FN5O. The second-order valence-electron chi connectivity index (χ2n) is 4.47. The number of halogens is 1. The maximum atomic E-state index is 12.7. The lowest BCUT2D eigenvalue weighted by molar-refractivity contribution is 0.275. The van der Waals surface area contributed by atoms with Gasteiger partial charge in [-0.15, -0.1) is 5.10 Å². The van der Waals surface area contributed by atoms with Crippen LogP contribution < -0.4 is 4.74 Å². The van der Waals surface area contributed by atoms with Crippen molar-refractivity contribution < 1.29 is 9.13 Å². The highest BCUT2D eigenvalue weighted by molar-refractivity contribution is 5.34. The van der Waals surface area contributed by atoms with Gasteiger partial charge in [-0.3, -0.25) is 0 Å². The van der Waals surface area contributed by atoms with Gasteiger partial charge in [0.2, 0.25) is 0 Å². The van der Waals surface area contributed by atoms with Crippen molar-refractivity contribution in [1.82, 2.24) is 25.0 Å². The molecule has 106 valence electrons. The minimum Gasteiger partial charge on any atom is -0.457 e. The average Bonchev–Trinajstić information content (AvgIpc) is 2.96. The molecule has 0 saturated carbocycles. The minimum absolute atomic E-state index is 0.0986. The van der Waals surface area contributed by atoms with Gasteiger partial charge in [0.15, 0.2) is 5.82 Å². The highest BCUT2D eigenvalue weighted by Crippen LogP contribution is 2.10. The number of hydrogen-bond acceptors (Lipinski definition) is 5. The van der Waals surface area contributed by atoms with E-state index in [1.165, 1.54) is 0 Å². The van der Waals surface area contributed by atoms with E-state index in [1.54, 1.807) is 10.9 Å². The molecule has 0 spiro atoms. The predicted molar refractivity (Wildman–Crippen MR) is 72.4 cm³/mol. The molecule has 0 aliphatic rings. The third-order valence-corrected chi connectivity index (χ3v) is 2.75. The van der Waals surface area contributed by atoms with Gasteiger partial charge in [-0.1, -0.05) is 17.3 Å². The van der Waals surface area contributed by atoms with Crippen LogP contribution in [-0.4, -0.2) is 25.0 Å². The first-order valence-electron chi connectivity index (χ1n) is 6.29. The summed E-state index contributed by atoms with van der Waals surface area (Å²) in [5.41, 5.74) is 2.69. The predicted octanol–water partition coefficient (Wildman–Crippen LogP) is 2.08. The molecule has 0 radical (unpaired) electrons. The Balaban J connectivity index is 1.69. The maximum Gasteiger partial charge on any atom is 0.316 e. The molecule has 21 heavy (non-hydrogen) atoms. The van der Waals surface area contributed by atoms with Gasteiger partial charge in [-0.05, 0) is 24.6 Å². The van der Waals surface area contributed by atoms with Crippen molar-refractivity contribution in [2.24, 2.45) is 0 Å². The van der Waals surface area contributed by atoms with Crippen LogP contribution in [0, 0.1) is 12.7 Å². The Morgan fingerprint density at radius 3 is 2.81 bits per heavy atom. The molecule has 3 rings (SSSR count). The first kappa shape index (κ1) is 13.2. The van der Waals surface area contributed by atoms with Crippen LogP contribution in [-0.2, 0) is 6.61 Å². The van der Waals surface area contributed by atoms with Crippen molar-refractivity contribution in [2.45, 2.75) is 13.5 Å². The van der Waals surface area contributed by atoms with Crippen LogP contribution in [0.1, 0.15) is 11.3 Å². The molecule has 0 N–H and O–H groups in total. The van der Waals surface area contributed by atoms with Gasteiger partial charge in [-0.2, -0.15) is 0 Å². The molecule has 0 fully saturated rings. The topological polar surface area (TPSA) is 65.7 Å². The summed E-state index contributed by atoms with van der Waals surface area (Å²) in [6, 6.07) is 8.00. The third-order valence-electron chi connectivity index (χ3n) is 2.75. The lowest BCUT2D eigenvalue weighted by Gasteiger charge is -2.01. The van der Waals surface area contributed by atoms with Crippen molar-refractivity contribution in [3.8, 4) is 11.7 Å². The van der Waals surface area contributed by atoms with Crippen LogP contribution in [0.3, 0.4) is 0 Å². The fourth-order valence-corrected chi connectivity index (χ4v) is 1.77. The Morgan fingerprint density at radius 2 is 2.05 bits per heavy atom. The summed E-state index contributed by atoms with van der Waals surface area (Å²) in [5.74, 6) is -0.507. The maximum absolute atomic E-state index is 12.7. The molecule has 0 saturated heterocycles. The Hall–Kier alpha value is -2.83. The molecule has 1 aromatic carbocycles. The summed E-state index contributed by atoms with van der Waals surface area (Å²) >= 11 is 0. The van der Waals surface area contributed by atoms with Gasteiger partial charge < -0.3 is 4.74 Å². The standard InChI is InChI=1S/C14H12FN5O/c1-10-3-2-4-13(5-10)20-8-12(18-19-20)9-21-14-16-6-11(15)7-17-14/h2-8H,9H2,1H3. The summed E-state index contributed by atoms with van der Waals surface area (Å²) in [6.45, 7) is 2.17. The van der Waals surface area contributed by atoms with Crippen molar-refractivity contribution in [1.29, 1.82) is 0 Å². The van der Waals surface area contributed by atoms with Crippen molar-refractivity contribution in [3.05, 3.63) is 59.9 Å². The lowest BCUT2D eigenvalue weighted by atomic mass is 10.2. The van der Waals surface area contributed by atoms with Gasteiger partial charge in [0, 0.05) is 0 Å². The second-order valence-corrected chi connectivity index (χ2v) is 4.47. The van der Waals surface area contributed by atoms with Crippen molar-refractivity contribution in [3.63, 3.8) is 0 Å². The largest absolute Gasteiger partial charge is 0.457 e. The fourth-order valence-electron chi connectivity index (χ4n) is 1.77. The molecule has 7 heteroatoms. The first-order valence-corrected chi connectivity index (χ1v) is 6.29. The van der Waals surface area contributed by atoms with Gasteiger partial charge in [0.05, 0.1) is 24.3 Å². The Kier molecular flexibility index (Phi) is 3.55. The molecule has 0 aliphatic heterocycles. The van der Waals surface area contributed by atoms with Crippen LogP contribution >= 0.6 is 0 Å². The number of aromatic nitrogens is 5. The SMILES string of the molecule is Cc1cccc(-n2cc(COc3ncc(F)cn3)nn2)c1. The fraction of sp³-hybridized carbons (Fsp3) is 0.143. The summed E-state index contributed by atoms with van der Waals surface area (Å²) < 4.78 is 19.6. The normalized spacial score (nSPS) is 10.6. The van der Waals surface area contributed by atoms with Gasteiger partial charge in [-0.25, -0.2) is 19.0 Å². The van der Waals surface area contributed by atoms with Gasteiger partial charge in [0.25, 0.3) is 0 Å². The summed E-state index contributed by atoms with van der Waals surface area (Å²) in [6.07, 6.45) is 3.86. The van der Waals surface area contributed by atoms with Gasteiger partial charge in [0.1, 0.15) is 12.3 Å². The Labute approximate surface area is 120 Å². The monoisotopic (exact) mass is 285 g/mol. The molecule has 2 heterocycles. The third kappa shape index (κ3) is 3.19. The summed E-state index contributed by atoms with van der Waals surface area (Å²) in [7, 11) is 0. The van der Waals surface area contributed by atoms with Crippen LogP contribution in [0.5, 0.6) is 6.01 Å². The van der Waals surface area contributed by atoms with E-state index in [4.69, 9.17) is 4.74 Å². The summed E-state index contributed by atoms with van der Waals surface area (Å²) in [5, 5.41) is 8.05. The average molecular weight is 285 g/mol. The Morgan fingerprint density at radius 1 is 1.24 bits per heavy atom. The molecule has 3 aromatic rings. The van der Waals surface area contributed by atoms with Crippen molar-refractivity contribution >= 4 is 0 Å². The number of nitrogens with zero attached hydrogens (tertiary/aromatic N) is 5. The van der Waals surface area contributed by atoms with Crippen molar-refractivity contribution in [2.75, 3.05) is 0 Å². The van der Waals surface area contributed by atoms with E-state index in [0.717, 1.165) is 23.6 Å². The lowest BCUT2D eigenvalue weighted by Crippen LogP contribution is -2.00. The molecule has 6 nitrogen and oxygen atoms in total. The Bertz CT molecular complexity index is 741. The molecule has 0 atom stereocenters. The number of rotatable bonds is 4. The minimum atomic E-state index is -0.507. The van der Waals surface area contributed by atoms with Crippen LogP contribution in [0.15, 0.2) is 42.9 Å². The van der Waals surface area contributed by atoms with E-state index in [9.17, 15) is 4.39 Å². The highest BCUT2D eigenvalue weighted by atomic mass is 19.1. The zero-order valence-corrected chi connectivity index (χ0v) is 11.3. The zero-order valence-electron chi connectivity index (χ0n) is 11.3. The zero-order chi connectivity index (χ0) is 14.7. The molecule has 0 bridgehead atoms. The van der Waals surface area contributed by atoms with E-state index < -0.39 is 5.82 Å². The molecule has 0 amide bonds. The van der Waals surface area contributed by atoms with Crippen LogP contribution in [0.25, 0.3) is 5.69 Å². The smallest absolute Gasteiger partial charge is 0.316 e. The van der Waals surface area contributed by atoms with Crippen LogP contribution in [0.2, 0.25) is 0 Å². The number of hydrogen-bond donors (Lipinski definition) is 0. The highest BCUT2D eigenvalue weighted by Gasteiger charge is 2.05. The van der Waals surface area contributed by atoms with E-state index in [-0.39, 0.29) is 12.6 Å². The molecular weight excluding hydrogens is 273 g/mol. The quantitative estimate of drug-likeness (QED) is 0.734. The molecule has 0 aliphatic carbocycles. The van der Waals surface area contributed by atoms with E-state index in [1.807, 2.05) is 31.2 Å². The van der Waals surface area contributed by atoms with E-state index in [0.29, 0.717) is 5.69 Å². The molecule has 2 aromatic heterocycles. The second kappa shape index (κ2) is 5.66. The first-order chi connectivity index (χ1) is 10.2. The number of ether oxygens (including phenoxy) is 1. The van der Waals surface area contributed by atoms with E-state index in [2.05, 4.69) is 20.3 Å². The summed E-state index contributed by atoms with van der Waals surface area (Å²) in [4.78, 5) is 7.41. The van der Waals surface area contributed by atoms with E-state index >= 15 is 0 Å². The van der Waals surface area contributed by atoms with Gasteiger partial charge >= 0.3 is 6.01 Å². The number of aryl methyl sites for hydroxylation is 1. The van der Waals surface area contributed by atoms with Crippen LogP contribution in [0.4, 0.5) is 4.39 Å². The number of benzene rings is 1. The molecule has 0 unspecified atom stereocenters.